The summed E-state index contributed by atoms with van der Waals surface area (Å²) in [5.41, 5.74) is 0.844. The SMILES string of the molecule is Cc1ccc(NS(=O)(=O)c2ccccc2[N+](=O)[O-])c(C(=O)c2ccccc2)c1. The monoisotopic (exact) mass is 396 g/mol. The number of para-hydroxylation sites is 1. The van der Waals surface area contributed by atoms with Gasteiger partial charge in [0, 0.05) is 17.2 Å². The molecule has 0 heterocycles. The van der Waals surface area contributed by atoms with Crippen LogP contribution in [-0.4, -0.2) is 19.1 Å². The van der Waals surface area contributed by atoms with Crippen LogP contribution < -0.4 is 4.72 Å². The van der Waals surface area contributed by atoms with E-state index in [0.29, 0.717) is 5.56 Å². The maximum Gasteiger partial charge on any atom is 0.289 e. The number of nitrogens with zero attached hydrogens (tertiary/aromatic N) is 1. The van der Waals surface area contributed by atoms with E-state index < -0.39 is 25.5 Å². The van der Waals surface area contributed by atoms with Crippen LogP contribution in [0.3, 0.4) is 0 Å². The van der Waals surface area contributed by atoms with Crippen molar-refractivity contribution in [1.29, 1.82) is 0 Å². The van der Waals surface area contributed by atoms with Gasteiger partial charge in [0.1, 0.15) is 0 Å². The summed E-state index contributed by atoms with van der Waals surface area (Å²) in [5, 5.41) is 11.2. The third kappa shape index (κ3) is 3.91. The highest BCUT2D eigenvalue weighted by Crippen LogP contribution is 2.28. The van der Waals surface area contributed by atoms with Crippen LogP contribution in [-0.2, 0) is 10.0 Å². The molecule has 0 bridgehead atoms. The Morgan fingerprint density at radius 1 is 0.964 bits per heavy atom. The summed E-state index contributed by atoms with van der Waals surface area (Å²) in [4.78, 5) is 22.8. The molecule has 0 aliphatic carbocycles. The topological polar surface area (TPSA) is 106 Å². The quantitative estimate of drug-likeness (QED) is 0.386. The van der Waals surface area contributed by atoms with Gasteiger partial charge in [-0.15, -0.1) is 0 Å². The van der Waals surface area contributed by atoms with Gasteiger partial charge in [-0.1, -0.05) is 54.1 Å². The highest BCUT2D eigenvalue weighted by Gasteiger charge is 2.26. The second kappa shape index (κ2) is 7.61. The smallest absolute Gasteiger partial charge is 0.289 e. The van der Waals surface area contributed by atoms with Crippen LogP contribution in [0.25, 0.3) is 0 Å². The normalized spacial score (nSPS) is 11.0. The number of carbonyl (C=O) groups is 1. The maximum atomic E-state index is 12.9. The summed E-state index contributed by atoms with van der Waals surface area (Å²) in [6.45, 7) is 1.78. The predicted octanol–water partition coefficient (Wildman–Crippen LogP) is 3.94. The predicted molar refractivity (Wildman–Crippen MR) is 105 cm³/mol. The lowest BCUT2D eigenvalue weighted by Gasteiger charge is -2.13. The van der Waals surface area contributed by atoms with Crippen molar-refractivity contribution in [3.63, 3.8) is 0 Å². The van der Waals surface area contributed by atoms with Crippen molar-refractivity contribution in [3.8, 4) is 0 Å². The Balaban J connectivity index is 2.06. The first-order valence-corrected chi connectivity index (χ1v) is 9.74. The average molecular weight is 396 g/mol. The van der Waals surface area contributed by atoms with Crippen molar-refractivity contribution in [2.24, 2.45) is 0 Å². The summed E-state index contributed by atoms with van der Waals surface area (Å²) in [6, 6.07) is 18.2. The molecule has 0 aliphatic heterocycles. The zero-order chi connectivity index (χ0) is 20.3. The fraction of sp³-hybridized carbons (Fsp3) is 0.0500. The fourth-order valence-electron chi connectivity index (χ4n) is 2.71. The number of aryl methyl sites for hydroxylation is 1. The molecule has 0 aromatic heterocycles. The van der Waals surface area contributed by atoms with Gasteiger partial charge in [-0.25, -0.2) is 8.42 Å². The summed E-state index contributed by atoms with van der Waals surface area (Å²) in [6.07, 6.45) is 0. The van der Waals surface area contributed by atoms with Crippen LogP contribution in [0.15, 0.2) is 77.7 Å². The third-order valence-electron chi connectivity index (χ3n) is 4.05. The average Bonchev–Trinajstić information content (AvgIpc) is 2.69. The first-order chi connectivity index (χ1) is 13.3. The first kappa shape index (κ1) is 19.2. The number of carbonyl (C=O) groups excluding carboxylic acids is 1. The standard InChI is InChI=1S/C20H16N2O5S/c1-14-11-12-17(16(13-14)20(23)15-7-3-2-4-8-15)21-28(26,27)19-10-6-5-9-18(19)22(24)25/h2-13,21H,1H3. The van der Waals surface area contributed by atoms with E-state index in [2.05, 4.69) is 4.72 Å². The summed E-state index contributed by atoms with van der Waals surface area (Å²) >= 11 is 0. The van der Waals surface area contributed by atoms with Crippen LogP contribution in [0.1, 0.15) is 21.5 Å². The molecule has 0 aliphatic rings. The minimum atomic E-state index is -4.28. The molecule has 1 N–H and O–H groups in total. The number of nitro benzene ring substituents is 1. The minimum Gasteiger partial charge on any atom is -0.289 e. The zero-order valence-electron chi connectivity index (χ0n) is 14.8. The summed E-state index contributed by atoms with van der Waals surface area (Å²) in [7, 11) is -4.28. The Hall–Kier alpha value is -3.52. The van der Waals surface area contributed by atoms with Gasteiger partial charge < -0.3 is 0 Å². The summed E-state index contributed by atoms with van der Waals surface area (Å²) < 4.78 is 27.9. The van der Waals surface area contributed by atoms with E-state index in [1.165, 1.54) is 18.2 Å². The molecule has 0 spiro atoms. The lowest BCUT2D eigenvalue weighted by molar-refractivity contribution is -0.387. The molecule has 3 rings (SSSR count). The molecule has 3 aromatic carbocycles. The van der Waals surface area contributed by atoms with E-state index in [1.54, 1.807) is 49.4 Å². The van der Waals surface area contributed by atoms with E-state index in [1.807, 2.05) is 0 Å². The van der Waals surface area contributed by atoms with Crippen molar-refractivity contribution in [1.82, 2.24) is 0 Å². The van der Waals surface area contributed by atoms with Crippen LogP contribution in [0.4, 0.5) is 11.4 Å². The van der Waals surface area contributed by atoms with Gasteiger partial charge in [0.05, 0.1) is 10.6 Å². The molecule has 8 heteroatoms. The molecule has 0 saturated carbocycles. The van der Waals surface area contributed by atoms with E-state index in [0.717, 1.165) is 17.7 Å². The van der Waals surface area contributed by atoms with E-state index >= 15 is 0 Å². The van der Waals surface area contributed by atoms with Gasteiger partial charge in [-0.05, 0) is 25.1 Å². The van der Waals surface area contributed by atoms with E-state index in [-0.39, 0.29) is 17.0 Å². The number of sulfonamides is 1. The molecule has 7 nitrogen and oxygen atoms in total. The van der Waals surface area contributed by atoms with Crippen molar-refractivity contribution in [3.05, 3.63) is 99.6 Å². The molecular formula is C20H16N2O5S. The molecule has 28 heavy (non-hydrogen) atoms. The lowest BCUT2D eigenvalue weighted by atomic mass is 10.00. The first-order valence-electron chi connectivity index (χ1n) is 8.26. The number of nitrogens with one attached hydrogen (secondary N) is 1. The maximum absolute atomic E-state index is 12.9. The van der Waals surface area contributed by atoms with Gasteiger partial charge in [-0.3, -0.25) is 19.6 Å². The van der Waals surface area contributed by atoms with Crippen LogP contribution in [0.5, 0.6) is 0 Å². The highest BCUT2D eigenvalue weighted by atomic mass is 32.2. The Labute approximate surface area is 161 Å². The minimum absolute atomic E-state index is 0.0533. The largest absolute Gasteiger partial charge is 0.289 e. The molecule has 0 amide bonds. The second-order valence-corrected chi connectivity index (χ2v) is 7.73. The number of rotatable bonds is 6. The number of ketones is 1. The second-order valence-electron chi connectivity index (χ2n) is 6.07. The Kier molecular flexibility index (Phi) is 5.23. The molecule has 0 radical (unpaired) electrons. The van der Waals surface area contributed by atoms with Crippen molar-refractivity contribution < 1.29 is 18.1 Å². The van der Waals surface area contributed by atoms with Crippen LogP contribution in [0, 0.1) is 17.0 Å². The molecule has 0 atom stereocenters. The number of nitro groups is 1. The van der Waals surface area contributed by atoms with Gasteiger partial charge in [0.2, 0.25) is 0 Å². The molecule has 0 fully saturated rings. The van der Waals surface area contributed by atoms with E-state index in [9.17, 15) is 23.3 Å². The lowest BCUT2D eigenvalue weighted by Crippen LogP contribution is -2.17. The number of anilines is 1. The van der Waals surface area contributed by atoms with Crippen molar-refractivity contribution in [2.75, 3.05) is 4.72 Å². The molecule has 0 unspecified atom stereocenters. The summed E-state index contributed by atoms with van der Waals surface area (Å²) in [5.74, 6) is -0.357. The van der Waals surface area contributed by atoms with Crippen molar-refractivity contribution >= 4 is 27.2 Å². The number of hydrogen-bond acceptors (Lipinski definition) is 5. The Bertz CT molecular complexity index is 1160. The number of benzene rings is 3. The molecule has 142 valence electrons. The molecular weight excluding hydrogens is 380 g/mol. The molecule has 3 aromatic rings. The Morgan fingerprint density at radius 2 is 1.61 bits per heavy atom. The molecule has 0 saturated heterocycles. The Morgan fingerprint density at radius 3 is 2.29 bits per heavy atom. The van der Waals surface area contributed by atoms with E-state index in [4.69, 9.17) is 0 Å². The van der Waals surface area contributed by atoms with Gasteiger partial charge in [-0.2, -0.15) is 0 Å². The van der Waals surface area contributed by atoms with Gasteiger partial charge >= 0.3 is 0 Å². The van der Waals surface area contributed by atoms with Gasteiger partial charge in [0.25, 0.3) is 15.7 Å². The zero-order valence-corrected chi connectivity index (χ0v) is 15.6. The van der Waals surface area contributed by atoms with Gasteiger partial charge in [0.15, 0.2) is 10.7 Å². The van der Waals surface area contributed by atoms with Crippen molar-refractivity contribution in [2.45, 2.75) is 11.8 Å². The van der Waals surface area contributed by atoms with Crippen LogP contribution >= 0.6 is 0 Å². The highest BCUT2D eigenvalue weighted by molar-refractivity contribution is 7.92. The third-order valence-corrected chi connectivity index (χ3v) is 5.46. The van der Waals surface area contributed by atoms with Crippen LogP contribution in [0.2, 0.25) is 0 Å². The fourth-order valence-corrected chi connectivity index (χ4v) is 3.97. The number of hydrogen-bond donors (Lipinski definition) is 1.